The van der Waals surface area contributed by atoms with E-state index in [1.54, 1.807) is 12.3 Å². The number of nitrogens with zero attached hydrogens (tertiary/aromatic N) is 4. The van der Waals surface area contributed by atoms with E-state index in [1.165, 1.54) is 0 Å². The average molecular weight is 470 g/mol. The molecule has 2 saturated heterocycles. The highest BCUT2D eigenvalue weighted by atomic mass is 35.5. The summed E-state index contributed by atoms with van der Waals surface area (Å²) >= 11 is 6.04. The van der Waals surface area contributed by atoms with Crippen LogP contribution in [-0.4, -0.2) is 55.3 Å². The fourth-order valence-corrected chi connectivity index (χ4v) is 4.15. The molecule has 0 radical (unpaired) electrons. The fraction of sp³-hybridized carbons (Fsp3) is 0.476. The van der Waals surface area contributed by atoms with E-state index in [0.717, 1.165) is 31.0 Å². The number of hydrogen-bond donors (Lipinski definition) is 1. The lowest BCUT2D eigenvalue weighted by Gasteiger charge is -2.32. The summed E-state index contributed by atoms with van der Waals surface area (Å²) in [7, 11) is 0. The molecule has 0 spiro atoms. The number of anilines is 3. The minimum atomic E-state index is -4.49. The van der Waals surface area contributed by atoms with Crippen molar-refractivity contribution in [2.75, 3.05) is 54.5 Å². The first kappa shape index (κ1) is 22.6. The van der Waals surface area contributed by atoms with Crippen LogP contribution in [0.4, 0.5) is 30.5 Å². The summed E-state index contributed by atoms with van der Waals surface area (Å²) in [6, 6.07) is 4.59. The molecule has 4 rings (SSSR count). The second kappa shape index (κ2) is 9.50. The standard InChI is InChI=1S/C21H23ClF3N5O2/c22-17-11-15(21(23,24)25)12-27-19(17)30-5-3-14(4-6-30)20(31)28-18-2-1-16(13-26-18)29-7-9-32-10-8-29/h1-2,11-14H,3-10H2,(H,26,28,31). The highest BCUT2D eigenvalue weighted by Crippen LogP contribution is 2.34. The first-order valence-electron chi connectivity index (χ1n) is 10.4. The molecule has 2 aliphatic heterocycles. The van der Waals surface area contributed by atoms with Crippen LogP contribution in [0.2, 0.25) is 5.02 Å². The van der Waals surface area contributed by atoms with Crippen molar-refractivity contribution in [2.45, 2.75) is 19.0 Å². The number of morpholine rings is 1. The van der Waals surface area contributed by atoms with E-state index >= 15 is 0 Å². The van der Waals surface area contributed by atoms with Gasteiger partial charge in [0.1, 0.15) is 11.6 Å². The highest BCUT2D eigenvalue weighted by Gasteiger charge is 2.33. The van der Waals surface area contributed by atoms with Crippen LogP contribution < -0.4 is 15.1 Å². The Hall–Kier alpha value is -2.59. The van der Waals surface area contributed by atoms with E-state index in [1.807, 2.05) is 11.0 Å². The van der Waals surface area contributed by atoms with E-state index in [0.29, 0.717) is 50.8 Å². The zero-order valence-electron chi connectivity index (χ0n) is 17.2. The smallest absolute Gasteiger partial charge is 0.378 e. The van der Waals surface area contributed by atoms with Crippen LogP contribution in [0.1, 0.15) is 18.4 Å². The fourth-order valence-electron chi connectivity index (χ4n) is 3.87. The number of rotatable bonds is 4. The maximum Gasteiger partial charge on any atom is 0.417 e. The maximum absolute atomic E-state index is 12.8. The second-order valence-electron chi connectivity index (χ2n) is 7.78. The average Bonchev–Trinajstić information content (AvgIpc) is 2.79. The summed E-state index contributed by atoms with van der Waals surface area (Å²) in [6.45, 7) is 3.93. The molecule has 1 amide bonds. The number of carbonyl (C=O) groups excluding carboxylic acids is 1. The molecule has 1 N–H and O–H groups in total. The Bertz CT molecular complexity index is 943. The van der Waals surface area contributed by atoms with Gasteiger partial charge in [0.2, 0.25) is 5.91 Å². The third-order valence-corrected chi connectivity index (χ3v) is 5.97. The number of piperidine rings is 1. The lowest BCUT2D eigenvalue weighted by atomic mass is 9.96. The molecule has 0 saturated carbocycles. The monoisotopic (exact) mass is 469 g/mol. The molecule has 11 heteroatoms. The van der Waals surface area contributed by atoms with Crippen molar-refractivity contribution in [3.8, 4) is 0 Å². The lowest BCUT2D eigenvalue weighted by molar-refractivity contribution is -0.137. The number of nitrogens with one attached hydrogen (secondary N) is 1. The summed E-state index contributed by atoms with van der Waals surface area (Å²) < 4.78 is 43.8. The highest BCUT2D eigenvalue weighted by molar-refractivity contribution is 6.33. The zero-order chi connectivity index (χ0) is 22.7. The Morgan fingerprint density at radius 1 is 1.06 bits per heavy atom. The van der Waals surface area contributed by atoms with Crippen molar-refractivity contribution in [2.24, 2.45) is 5.92 Å². The molecule has 32 heavy (non-hydrogen) atoms. The molecule has 0 aliphatic carbocycles. The van der Waals surface area contributed by atoms with Crippen molar-refractivity contribution in [3.63, 3.8) is 0 Å². The van der Waals surface area contributed by atoms with Crippen molar-refractivity contribution in [1.29, 1.82) is 0 Å². The molecule has 2 fully saturated rings. The number of hydrogen-bond acceptors (Lipinski definition) is 6. The predicted molar refractivity (Wildman–Crippen MR) is 115 cm³/mol. The van der Waals surface area contributed by atoms with Gasteiger partial charge in [-0.1, -0.05) is 11.6 Å². The third-order valence-electron chi connectivity index (χ3n) is 5.69. The first-order valence-corrected chi connectivity index (χ1v) is 10.8. The molecule has 172 valence electrons. The van der Waals surface area contributed by atoms with Crippen molar-refractivity contribution >= 4 is 34.8 Å². The number of halogens is 4. The minimum absolute atomic E-state index is 0.0488. The Morgan fingerprint density at radius 2 is 1.78 bits per heavy atom. The molecular formula is C21H23ClF3N5O2. The normalized spacial score (nSPS) is 18.0. The summed E-state index contributed by atoms with van der Waals surface area (Å²) in [6.07, 6.45) is -0.893. The summed E-state index contributed by atoms with van der Waals surface area (Å²) in [4.78, 5) is 24.9. The van der Waals surface area contributed by atoms with Gasteiger partial charge in [0.25, 0.3) is 0 Å². The Morgan fingerprint density at radius 3 is 2.38 bits per heavy atom. The van der Waals surface area contributed by atoms with Crippen molar-refractivity contribution in [3.05, 3.63) is 41.2 Å². The third kappa shape index (κ3) is 5.24. The Labute approximate surface area is 188 Å². The van der Waals surface area contributed by atoms with Gasteiger partial charge < -0.3 is 19.9 Å². The van der Waals surface area contributed by atoms with Gasteiger partial charge in [-0.15, -0.1) is 0 Å². The van der Waals surface area contributed by atoms with Crippen LogP contribution in [0.25, 0.3) is 0 Å². The van der Waals surface area contributed by atoms with Gasteiger partial charge in [-0.25, -0.2) is 9.97 Å². The van der Waals surface area contributed by atoms with E-state index in [-0.39, 0.29) is 16.8 Å². The van der Waals surface area contributed by atoms with E-state index in [4.69, 9.17) is 16.3 Å². The number of alkyl halides is 3. The largest absolute Gasteiger partial charge is 0.417 e. The molecule has 0 aromatic carbocycles. The predicted octanol–water partition coefficient (Wildman–Crippen LogP) is 3.84. The SMILES string of the molecule is O=C(Nc1ccc(N2CCOCC2)cn1)C1CCN(c2ncc(C(F)(F)F)cc2Cl)CC1. The van der Waals surface area contributed by atoms with Gasteiger partial charge in [0, 0.05) is 38.3 Å². The molecule has 2 aliphatic rings. The molecule has 2 aromatic rings. The maximum atomic E-state index is 12.8. The molecular weight excluding hydrogens is 447 g/mol. The van der Waals surface area contributed by atoms with Crippen LogP contribution in [0.5, 0.6) is 0 Å². The van der Waals surface area contributed by atoms with Gasteiger partial charge >= 0.3 is 6.18 Å². The molecule has 4 heterocycles. The lowest BCUT2D eigenvalue weighted by Crippen LogP contribution is -2.39. The number of amides is 1. The molecule has 0 bridgehead atoms. The second-order valence-corrected chi connectivity index (χ2v) is 8.19. The molecule has 0 unspecified atom stereocenters. The van der Waals surface area contributed by atoms with Gasteiger partial charge in [0.05, 0.1) is 35.7 Å². The van der Waals surface area contributed by atoms with E-state index < -0.39 is 11.7 Å². The van der Waals surface area contributed by atoms with E-state index in [2.05, 4.69) is 20.2 Å². The van der Waals surface area contributed by atoms with Crippen LogP contribution in [-0.2, 0) is 15.7 Å². The molecule has 0 atom stereocenters. The Kier molecular flexibility index (Phi) is 6.71. The van der Waals surface area contributed by atoms with Gasteiger partial charge in [-0.3, -0.25) is 4.79 Å². The van der Waals surface area contributed by atoms with Crippen LogP contribution in [0, 0.1) is 5.92 Å². The van der Waals surface area contributed by atoms with Crippen molar-refractivity contribution in [1.82, 2.24) is 9.97 Å². The van der Waals surface area contributed by atoms with E-state index in [9.17, 15) is 18.0 Å². The first-order chi connectivity index (χ1) is 15.3. The minimum Gasteiger partial charge on any atom is -0.378 e. The quantitative estimate of drug-likeness (QED) is 0.733. The topological polar surface area (TPSA) is 70.6 Å². The number of ether oxygens (including phenoxy) is 1. The van der Waals surface area contributed by atoms with Crippen LogP contribution in [0.3, 0.4) is 0 Å². The number of aromatic nitrogens is 2. The van der Waals surface area contributed by atoms with Gasteiger partial charge in [0.15, 0.2) is 0 Å². The van der Waals surface area contributed by atoms with Crippen LogP contribution in [0.15, 0.2) is 30.6 Å². The summed E-state index contributed by atoms with van der Waals surface area (Å²) in [5.74, 6) is 0.448. The summed E-state index contributed by atoms with van der Waals surface area (Å²) in [5, 5.41) is 2.80. The van der Waals surface area contributed by atoms with Crippen molar-refractivity contribution < 1.29 is 22.7 Å². The van der Waals surface area contributed by atoms with Crippen LogP contribution >= 0.6 is 11.6 Å². The molecule has 7 nitrogen and oxygen atoms in total. The van der Waals surface area contributed by atoms with Gasteiger partial charge in [-0.2, -0.15) is 13.2 Å². The molecule has 2 aromatic heterocycles. The van der Waals surface area contributed by atoms with Gasteiger partial charge in [-0.05, 0) is 31.0 Å². The number of carbonyl (C=O) groups is 1. The Balaban J connectivity index is 1.31. The summed E-state index contributed by atoms with van der Waals surface area (Å²) in [5.41, 5.74) is 0.105. The number of pyridine rings is 2. The zero-order valence-corrected chi connectivity index (χ0v) is 18.0.